The van der Waals surface area contributed by atoms with Gasteiger partial charge in [0.15, 0.2) is 0 Å². The van der Waals surface area contributed by atoms with Crippen molar-refractivity contribution in [3.05, 3.63) is 58.6 Å². The Morgan fingerprint density at radius 3 is 2.50 bits per heavy atom. The molecule has 2 N–H and O–H groups in total. The van der Waals surface area contributed by atoms with Crippen LogP contribution in [0.3, 0.4) is 0 Å². The van der Waals surface area contributed by atoms with Crippen molar-refractivity contribution < 1.29 is 14.3 Å². The Hall–Kier alpha value is -2.53. The van der Waals surface area contributed by atoms with Gasteiger partial charge in [0, 0.05) is 16.3 Å². The minimum Gasteiger partial charge on any atom is -0.494 e. The molecule has 0 saturated heterocycles. The summed E-state index contributed by atoms with van der Waals surface area (Å²) < 4.78 is 5.32. The van der Waals surface area contributed by atoms with Gasteiger partial charge in [-0.2, -0.15) is 0 Å². The number of ether oxygens (including phenoxy) is 1. The van der Waals surface area contributed by atoms with E-state index in [2.05, 4.69) is 10.6 Å². The summed E-state index contributed by atoms with van der Waals surface area (Å²) in [5.74, 6) is 0.0545. The van der Waals surface area contributed by atoms with Crippen molar-refractivity contribution in [2.24, 2.45) is 0 Å². The van der Waals surface area contributed by atoms with Crippen LogP contribution in [0.25, 0.3) is 0 Å². The maximum absolute atomic E-state index is 12.0. The normalized spacial score (nSPS) is 10.1. The second kappa shape index (κ2) is 8.36. The lowest BCUT2D eigenvalue weighted by Gasteiger charge is -2.10. The van der Waals surface area contributed by atoms with E-state index in [9.17, 15) is 9.59 Å². The molecule has 24 heavy (non-hydrogen) atoms. The highest BCUT2D eigenvalue weighted by Gasteiger charge is 2.10. The minimum atomic E-state index is -0.323. The molecule has 0 heterocycles. The summed E-state index contributed by atoms with van der Waals surface area (Å²) in [4.78, 5) is 24.0. The molecule has 0 bridgehead atoms. The third-order valence-electron chi connectivity index (χ3n) is 3.38. The van der Waals surface area contributed by atoms with Gasteiger partial charge in [-0.15, -0.1) is 0 Å². The standard InChI is InChI=1S/C18H19ClN2O3/c1-3-24-14-9-7-13(8-10-14)18(23)20-11-17(22)21-16-6-4-5-15(19)12(16)2/h4-10H,3,11H2,1-2H3,(H,20,23)(H,21,22). The fraction of sp³-hybridized carbons (Fsp3) is 0.222. The van der Waals surface area contributed by atoms with Gasteiger partial charge in [-0.1, -0.05) is 17.7 Å². The molecule has 0 aliphatic rings. The van der Waals surface area contributed by atoms with Gasteiger partial charge in [0.05, 0.1) is 13.2 Å². The van der Waals surface area contributed by atoms with E-state index in [-0.39, 0.29) is 18.4 Å². The first kappa shape index (κ1) is 17.8. The molecule has 6 heteroatoms. The molecule has 126 valence electrons. The molecule has 0 fully saturated rings. The Kier molecular flexibility index (Phi) is 6.21. The van der Waals surface area contributed by atoms with Crippen LogP contribution >= 0.6 is 11.6 Å². The third-order valence-corrected chi connectivity index (χ3v) is 3.79. The van der Waals surface area contributed by atoms with E-state index in [0.717, 1.165) is 5.56 Å². The van der Waals surface area contributed by atoms with Gasteiger partial charge in [-0.25, -0.2) is 0 Å². The van der Waals surface area contributed by atoms with Crippen molar-refractivity contribution in [1.29, 1.82) is 0 Å². The topological polar surface area (TPSA) is 67.4 Å². The lowest BCUT2D eigenvalue weighted by Crippen LogP contribution is -2.33. The lowest BCUT2D eigenvalue weighted by molar-refractivity contribution is -0.115. The summed E-state index contributed by atoms with van der Waals surface area (Å²) in [7, 11) is 0. The lowest BCUT2D eigenvalue weighted by atomic mass is 10.2. The highest BCUT2D eigenvalue weighted by molar-refractivity contribution is 6.31. The predicted molar refractivity (Wildman–Crippen MR) is 94.8 cm³/mol. The van der Waals surface area contributed by atoms with Gasteiger partial charge < -0.3 is 15.4 Å². The highest BCUT2D eigenvalue weighted by Crippen LogP contribution is 2.22. The summed E-state index contributed by atoms with van der Waals surface area (Å²) in [6.07, 6.45) is 0. The fourth-order valence-corrected chi connectivity index (χ4v) is 2.24. The number of rotatable bonds is 6. The molecule has 2 aromatic carbocycles. The average molecular weight is 347 g/mol. The minimum absolute atomic E-state index is 0.127. The number of benzene rings is 2. The molecule has 5 nitrogen and oxygen atoms in total. The molecule has 0 aromatic heterocycles. The number of hydrogen-bond acceptors (Lipinski definition) is 3. The number of nitrogens with one attached hydrogen (secondary N) is 2. The first-order valence-corrected chi connectivity index (χ1v) is 7.95. The maximum atomic E-state index is 12.0. The maximum Gasteiger partial charge on any atom is 0.251 e. The van der Waals surface area contributed by atoms with Gasteiger partial charge >= 0.3 is 0 Å². The summed E-state index contributed by atoms with van der Waals surface area (Å²) in [5.41, 5.74) is 1.87. The van der Waals surface area contributed by atoms with Crippen LogP contribution in [0.15, 0.2) is 42.5 Å². The van der Waals surface area contributed by atoms with Crippen LogP contribution in [0.4, 0.5) is 5.69 Å². The van der Waals surface area contributed by atoms with Crippen molar-refractivity contribution in [3.63, 3.8) is 0 Å². The molecule has 0 unspecified atom stereocenters. The Morgan fingerprint density at radius 1 is 1.12 bits per heavy atom. The highest BCUT2D eigenvalue weighted by atomic mass is 35.5. The van der Waals surface area contributed by atoms with Crippen molar-refractivity contribution in [3.8, 4) is 5.75 Å². The molecule has 0 atom stereocenters. The zero-order valence-electron chi connectivity index (χ0n) is 13.6. The molecule has 0 radical (unpaired) electrons. The van der Waals surface area contributed by atoms with Gasteiger partial charge in [0.25, 0.3) is 5.91 Å². The van der Waals surface area contributed by atoms with Crippen LogP contribution in [0.2, 0.25) is 5.02 Å². The molecule has 0 aliphatic carbocycles. The van der Waals surface area contributed by atoms with E-state index in [1.807, 2.05) is 13.8 Å². The molecular weight excluding hydrogens is 328 g/mol. The van der Waals surface area contributed by atoms with Gasteiger partial charge in [0.1, 0.15) is 5.75 Å². The molecule has 0 aliphatic heterocycles. The van der Waals surface area contributed by atoms with Crippen LogP contribution in [-0.4, -0.2) is 25.0 Å². The number of carbonyl (C=O) groups is 2. The zero-order valence-corrected chi connectivity index (χ0v) is 14.3. The quantitative estimate of drug-likeness (QED) is 0.842. The van der Waals surface area contributed by atoms with Gasteiger partial charge in [-0.3, -0.25) is 9.59 Å². The summed E-state index contributed by atoms with van der Waals surface area (Å²) >= 11 is 6.01. The number of carbonyl (C=O) groups excluding carboxylic acids is 2. The molecule has 2 amide bonds. The van der Waals surface area contributed by atoms with E-state index >= 15 is 0 Å². The number of hydrogen-bond donors (Lipinski definition) is 2. The van der Waals surface area contributed by atoms with Crippen LogP contribution in [0, 0.1) is 6.92 Å². The van der Waals surface area contributed by atoms with Gasteiger partial charge in [-0.05, 0) is 55.8 Å². The molecule has 0 saturated carbocycles. The molecule has 2 aromatic rings. The first-order chi connectivity index (χ1) is 11.5. The Morgan fingerprint density at radius 2 is 1.83 bits per heavy atom. The molecule has 2 rings (SSSR count). The van der Waals surface area contributed by atoms with Crippen molar-refractivity contribution >= 4 is 29.1 Å². The van der Waals surface area contributed by atoms with Crippen molar-refractivity contribution in [2.75, 3.05) is 18.5 Å². The van der Waals surface area contributed by atoms with Crippen LogP contribution in [-0.2, 0) is 4.79 Å². The summed E-state index contributed by atoms with van der Waals surface area (Å²) in [5, 5.41) is 5.88. The monoisotopic (exact) mass is 346 g/mol. The summed E-state index contributed by atoms with van der Waals surface area (Å²) in [6.45, 7) is 4.14. The van der Waals surface area contributed by atoms with E-state index in [1.165, 1.54) is 0 Å². The second-order valence-corrected chi connectivity index (χ2v) is 5.51. The van der Waals surface area contributed by atoms with Crippen molar-refractivity contribution in [1.82, 2.24) is 5.32 Å². The predicted octanol–water partition coefficient (Wildman–Crippen LogP) is 3.42. The zero-order chi connectivity index (χ0) is 17.5. The van der Waals surface area contributed by atoms with Crippen molar-refractivity contribution in [2.45, 2.75) is 13.8 Å². The second-order valence-electron chi connectivity index (χ2n) is 5.10. The van der Waals surface area contributed by atoms with E-state index in [4.69, 9.17) is 16.3 Å². The Bertz CT molecular complexity index is 730. The average Bonchev–Trinajstić information content (AvgIpc) is 2.58. The first-order valence-electron chi connectivity index (χ1n) is 7.57. The largest absolute Gasteiger partial charge is 0.494 e. The Balaban J connectivity index is 1.89. The number of halogens is 1. The van der Waals surface area contributed by atoms with E-state index in [1.54, 1.807) is 42.5 Å². The third kappa shape index (κ3) is 4.73. The number of anilines is 1. The summed E-state index contributed by atoms with van der Waals surface area (Å²) in [6, 6.07) is 12.0. The SMILES string of the molecule is CCOc1ccc(C(=O)NCC(=O)Nc2cccc(Cl)c2C)cc1. The van der Waals surface area contributed by atoms with E-state index in [0.29, 0.717) is 28.6 Å². The molecule has 0 spiro atoms. The van der Waals surface area contributed by atoms with Crippen LogP contribution < -0.4 is 15.4 Å². The van der Waals surface area contributed by atoms with Crippen LogP contribution in [0.1, 0.15) is 22.8 Å². The Labute approximate surface area is 146 Å². The van der Waals surface area contributed by atoms with Crippen LogP contribution in [0.5, 0.6) is 5.75 Å². The van der Waals surface area contributed by atoms with Gasteiger partial charge in [0.2, 0.25) is 5.91 Å². The molecular formula is C18H19ClN2O3. The van der Waals surface area contributed by atoms with E-state index < -0.39 is 0 Å². The number of amides is 2. The smallest absolute Gasteiger partial charge is 0.251 e. The fourth-order valence-electron chi connectivity index (χ4n) is 2.07.